The molecule has 3 aliphatic rings. The normalized spacial score (nSPS) is 44.1. The predicted molar refractivity (Wildman–Crippen MR) is 222 cm³/mol. The maximum absolute atomic E-state index is 14.4. The number of carbonyl (C=O) groups excluding carboxylic acids is 3. The molecule has 350 valence electrons. The minimum atomic E-state index is -1.97. The number of aliphatic hydroxyl groups is 3. The van der Waals surface area contributed by atoms with E-state index < -0.39 is 114 Å². The van der Waals surface area contributed by atoms with Crippen LogP contribution in [0.5, 0.6) is 0 Å². The van der Waals surface area contributed by atoms with Crippen LogP contribution in [0.2, 0.25) is 0 Å². The molecule has 17 nitrogen and oxygen atoms in total. The van der Waals surface area contributed by atoms with Gasteiger partial charge < -0.3 is 68.3 Å². The van der Waals surface area contributed by atoms with E-state index in [4.69, 9.17) is 37.9 Å². The molecule has 4 N–H and O–H groups in total. The highest BCUT2D eigenvalue weighted by atomic mass is 16.7. The fourth-order valence-electron chi connectivity index (χ4n) is 9.14. The van der Waals surface area contributed by atoms with Gasteiger partial charge in [0.2, 0.25) is 5.91 Å². The van der Waals surface area contributed by atoms with E-state index in [9.17, 15) is 29.7 Å². The van der Waals surface area contributed by atoms with E-state index in [0.29, 0.717) is 13.0 Å². The Balaban J connectivity index is 2.19. The summed E-state index contributed by atoms with van der Waals surface area (Å²) in [5.74, 6) is -4.10. The average molecular weight is 862 g/mol. The van der Waals surface area contributed by atoms with Gasteiger partial charge in [-0.05, 0) is 95.9 Å². The third kappa shape index (κ3) is 12.4. The van der Waals surface area contributed by atoms with Gasteiger partial charge in [0, 0.05) is 45.1 Å². The number of carbonyl (C=O) groups is 3. The van der Waals surface area contributed by atoms with E-state index in [1.165, 1.54) is 21.1 Å². The van der Waals surface area contributed by atoms with Crippen LogP contribution < -0.4 is 5.32 Å². The van der Waals surface area contributed by atoms with Crippen LogP contribution in [0.4, 0.5) is 0 Å². The lowest BCUT2D eigenvalue weighted by Crippen LogP contribution is -2.61. The largest absolute Gasteiger partial charge is 0.459 e. The number of hydrogen-bond donors (Lipinski definition) is 4. The van der Waals surface area contributed by atoms with E-state index >= 15 is 0 Å². The minimum absolute atomic E-state index is 0.0851. The second-order valence-electron chi connectivity index (χ2n) is 18.8. The van der Waals surface area contributed by atoms with E-state index in [2.05, 4.69) is 5.32 Å². The lowest BCUT2D eigenvalue weighted by molar-refractivity contribution is -0.320. The van der Waals surface area contributed by atoms with Crippen molar-refractivity contribution in [2.75, 3.05) is 49.0 Å². The van der Waals surface area contributed by atoms with Gasteiger partial charge in [-0.25, -0.2) is 0 Å². The smallest absolute Gasteiger partial charge is 0.311 e. The highest BCUT2D eigenvalue weighted by Crippen LogP contribution is 2.41. The number of amides is 1. The number of hydrogen-bond acceptors (Lipinski definition) is 16. The van der Waals surface area contributed by atoms with Gasteiger partial charge in [0.1, 0.15) is 29.5 Å². The third-order valence-electron chi connectivity index (χ3n) is 13.1. The molecule has 0 aromatic carbocycles. The van der Waals surface area contributed by atoms with Crippen LogP contribution in [-0.2, 0) is 52.3 Å². The van der Waals surface area contributed by atoms with Crippen LogP contribution in [0.25, 0.3) is 0 Å². The summed E-state index contributed by atoms with van der Waals surface area (Å²) in [4.78, 5) is 45.0. The number of esters is 2. The van der Waals surface area contributed by atoms with Gasteiger partial charge in [0.05, 0.1) is 48.4 Å². The summed E-state index contributed by atoms with van der Waals surface area (Å²) in [6.07, 6.45) is -8.75. The topological polar surface area (TPSA) is 204 Å². The maximum atomic E-state index is 14.4. The summed E-state index contributed by atoms with van der Waals surface area (Å²) in [7, 11) is 10.5. The van der Waals surface area contributed by atoms with Crippen LogP contribution in [0, 0.1) is 17.8 Å². The van der Waals surface area contributed by atoms with Crippen molar-refractivity contribution in [1.82, 2.24) is 15.1 Å². The number of nitrogens with one attached hydrogen (secondary N) is 1. The first-order chi connectivity index (χ1) is 27.8. The SMILES string of the molecule is CC[C@H]1OC(=O)[C@H](C)[C@@H](OC2C[C@@](C)(OC)[C@@H](OC(=O)CCN(C)C)[C@H](C)O2)[C@H](C)[C@@H](O[C@@H]2O[C@H](C)C[C@H](N(C)C)[C@H]2O)[C@](C)(OC)C[C@@H](C)C(=O)N[C@H](C)[C@@H](O)[C@]1(C)O. The van der Waals surface area contributed by atoms with Gasteiger partial charge in [0.25, 0.3) is 0 Å². The summed E-state index contributed by atoms with van der Waals surface area (Å²) >= 11 is 0. The van der Waals surface area contributed by atoms with Crippen molar-refractivity contribution in [1.29, 1.82) is 0 Å². The molecule has 0 radical (unpaired) electrons. The first-order valence-corrected chi connectivity index (χ1v) is 21.6. The Morgan fingerprint density at radius 1 is 0.900 bits per heavy atom. The Hall–Kier alpha value is -2.03. The Morgan fingerprint density at radius 3 is 2.05 bits per heavy atom. The van der Waals surface area contributed by atoms with Gasteiger partial charge in [-0.1, -0.05) is 20.8 Å². The first kappa shape index (κ1) is 52.3. The predicted octanol–water partition coefficient (Wildman–Crippen LogP) is 2.24. The summed E-state index contributed by atoms with van der Waals surface area (Å²) in [6.45, 7) is 17.6. The Kier molecular flexibility index (Phi) is 18.8. The molecule has 0 aromatic heterocycles. The van der Waals surface area contributed by atoms with E-state index in [1.54, 1.807) is 41.5 Å². The van der Waals surface area contributed by atoms with Crippen molar-refractivity contribution >= 4 is 17.8 Å². The lowest BCUT2D eigenvalue weighted by atomic mass is 9.77. The van der Waals surface area contributed by atoms with Crippen molar-refractivity contribution < 1.29 is 67.6 Å². The molecule has 3 fully saturated rings. The zero-order chi connectivity index (χ0) is 45.7. The molecule has 3 heterocycles. The van der Waals surface area contributed by atoms with Gasteiger partial charge in [0.15, 0.2) is 18.7 Å². The van der Waals surface area contributed by atoms with Crippen molar-refractivity contribution in [3.63, 3.8) is 0 Å². The van der Waals surface area contributed by atoms with Crippen molar-refractivity contribution in [3.8, 4) is 0 Å². The number of nitrogens with zero attached hydrogens (tertiary/aromatic N) is 2. The zero-order valence-corrected chi connectivity index (χ0v) is 39.1. The summed E-state index contributed by atoms with van der Waals surface area (Å²) in [6, 6.07) is -1.25. The van der Waals surface area contributed by atoms with Crippen molar-refractivity contribution in [3.05, 3.63) is 0 Å². The molecule has 17 heteroatoms. The molecule has 18 atom stereocenters. The Bertz CT molecular complexity index is 1400. The number of cyclic esters (lactones) is 1. The molecule has 0 spiro atoms. The maximum Gasteiger partial charge on any atom is 0.311 e. The quantitative estimate of drug-likeness (QED) is 0.208. The Morgan fingerprint density at radius 2 is 1.50 bits per heavy atom. The standard InChI is InChI=1S/C43H79N3O14/c1-17-30-43(10,52)35(49)27(6)44-38(50)23(2)21-41(8,53-15)36(60-40-33(48)29(46(13)14)20-24(3)55-40)25(4)34(26(5)39(51)57-30)59-32-22-42(9,54-16)37(28(7)56-32)58-31(47)18-19-45(11)12/h23-30,32-37,40,48-49,52H,17-22H2,1-16H3,(H,44,50)/t23-,24-,25+,26-,27-,28+,29+,30-,32?,33-,34+,35-,36-,37+,40+,41-,42-,43-/m1/s1. The van der Waals surface area contributed by atoms with Crippen LogP contribution in [0.1, 0.15) is 101 Å². The number of methoxy groups -OCH3 is 2. The molecule has 1 amide bonds. The summed E-state index contributed by atoms with van der Waals surface area (Å²) < 4.78 is 50.8. The fourth-order valence-corrected chi connectivity index (χ4v) is 9.14. The Labute approximate surface area is 358 Å². The monoisotopic (exact) mass is 862 g/mol. The van der Waals surface area contributed by atoms with Gasteiger partial charge in [-0.2, -0.15) is 0 Å². The fraction of sp³-hybridized carbons (Fsp3) is 0.930. The first-order valence-electron chi connectivity index (χ1n) is 21.6. The zero-order valence-electron chi connectivity index (χ0n) is 39.1. The van der Waals surface area contributed by atoms with Gasteiger partial charge in [-0.3, -0.25) is 14.4 Å². The molecular formula is C43H79N3O14. The molecule has 0 bridgehead atoms. The molecular weight excluding hydrogens is 782 g/mol. The van der Waals surface area contributed by atoms with Gasteiger partial charge in [-0.15, -0.1) is 0 Å². The average Bonchev–Trinajstić information content (AvgIpc) is 3.17. The summed E-state index contributed by atoms with van der Waals surface area (Å²) in [5, 5.41) is 37.7. The highest BCUT2D eigenvalue weighted by molar-refractivity contribution is 5.78. The van der Waals surface area contributed by atoms with Crippen LogP contribution in [-0.4, -0.2) is 182 Å². The highest BCUT2D eigenvalue weighted by Gasteiger charge is 2.54. The summed E-state index contributed by atoms with van der Waals surface area (Å²) in [5.41, 5.74) is -4.32. The number of ether oxygens (including phenoxy) is 8. The molecule has 3 rings (SSSR count). The number of aliphatic hydroxyl groups excluding tert-OH is 2. The van der Waals surface area contributed by atoms with E-state index in [1.807, 2.05) is 58.8 Å². The molecule has 0 saturated carbocycles. The molecule has 60 heavy (non-hydrogen) atoms. The number of likely N-dealkylation sites (N-methyl/N-ethyl adjacent to an activating group) is 1. The molecule has 3 saturated heterocycles. The van der Waals surface area contributed by atoms with Crippen molar-refractivity contribution in [2.45, 2.75) is 192 Å². The minimum Gasteiger partial charge on any atom is -0.459 e. The second kappa shape index (κ2) is 21.6. The molecule has 1 unspecified atom stereocenters. The third-order valence-corrected chi connectivity index (χ3v) is 13.1. The van der Waals surface area contributed by atoms with Crippen molar-refractivity contribution in [2.24, 2.45) is 17.8 Å². The van der Waals surface area contributed by atoms with Crippen LogP contribution in [0.15, 0.2) is 0 Å². The van der Waals surface area contributed by atoms with E-state index in [0.717, 1.165) is 0 Å². The molecule has 0 aliphatic carbocycles. The second-order valence-corrected chi connectivity index (χ2v) is 18.8. The van der Waals surface area contributed by atoms with Crippen LogP contribution >= 0.6 is 0 Å². The number of rotatable bonds is 12. The molecule has 0 aromatic rings. The van der Waals surface area contributed by atoms with Gasteiger partial charge >= 0.3 is 11.9 Å². The van der Waals surface area contributed by atoms with E-state index in [-0.39, 0.29) is 37.8 Å². The van der Waals surface area contributed by atoms with Crippen LogP contribution in [0.3, 0.4) is 0 Å². The molecule has 3 aliphatic heterocycles. The lowest BCUT2D eigenvalue weighted by Gasteiger charge is -2.49.